The molecule has 0 saturated heterocycles. The van der Waals surface area contributed by atoms with Crippen LogP contribution in [-0.2, 0) is 0 Å². The number of nitrogens with zero attached hydrogens (tertiary/aromatic N) is 1. The van der Waals surface area contributed by atoms with E-state index < -0.39 is 0 Å². The number of rotatable bonds is 6. The van der Waals surface area contributed by atoms with Crippen LogP contribution >= 0.6 is 34.8 Å². The van der Waals surface area contributed by atoms with Gasteiger partial charge < -0.3 is 10.1 Å². The van der Waals surface area contributed by atoms with Crippen molar-refractivity contribution < 1.29 is 9.53 Å². The molecular weight excluding hydrogens is 449 g/mol. The lowest BCUT2D eigenvalue weighted by atomic mass is 10.2. The summed E-state index contributed by atoms with van der Waals surface area (Å²) in [4.78, 5) is 16.7. The van der Waals surface area contributed by atoms with E-state index in [9.17, 15) is 4.79 Å². The van der Waals surface area contributed by atoms with E-state index in [2.05, 4.69) is 45.1 Å². The second kappa shape index (κ2) is 9.67. The quantitative estimate of drug-likeness (QED) is 0.375. The Morgan fingerprint density at radius 2 is 2.12 bits per heavy atom. The Morgan fingerprint density at radius 3 is 2.84 bits per heavy atom. The van der Waals surface area contributed by atoms with E-state index in [1.54, 1.807) is 18.2 Å². The SMILES string of the molecule is CCCCOc1cccc(C(=O)NC(=S)Nc2ccc(I)c(C)n2)c1. The topological polar surface area (TPSA) is 63.2 Å². The van der Waals surface area contributed by atoms with Crippen LogP contribution in [0.3, 0.4) is 0 Å². The number of hydrogen-bond donors (Lipinski definition) is 2. The van der Waals surface area contributed by atoms with Gasteiger partial charge in [0.05, 0.1) is 12.3 Å². The average Bonchev–Trinajstić information content (AvgIpc) is 2.58. The molecule has 7 heteroatoms. The van der Waals surface area contributed by atoms with Gasteiger partial charge >= 0.3 is 0 Å². The zero-order valence-corrected chi connectivity index (χ0v) is 17.1. The van der Waals surface area contributed by atoms with Crippen LogP contribution in [0.1, 0.15) is 35.8 Å². The number of amides is 1. The fraction of sp³-hybridized carbons (Fsp3) is 0.278. The molecule has 0 aliphatic heterocycles. The van der Waals surface area contributed by atoms with Crippen LogP contribution in [0.25, 0.3) is 0 Å². The van der Waals surface area contributed by atoms with Crippen LogP contribution < -0.4 is 15.4 Å². The smallest absolute Gasteiger partial charge is 0.257 e. The van der Waals surface area contributed by atoms with Gasteiger partial charge in [0, 0.05) is 9.13 Å². The van der Waals surface area contributed by atoms with Gasteiger partial charge in [0.25, 0.3) is 5.91 Å². The Kier molecular flexibility index (Phi) is 7.57. The van der Waals surface area contributed by atoms with E-state index in [1.165, 1.54) is 0 Å². The number of hydrogen-bond acceptors (Lipinski definition) is 4. The molecule has 5 nitrogen and oxygen atoms in total. The fourth-order valence-corrected chi connectivity index (χ4v) is 2.50. The van der Waals surface area contributed by atoms with Gasteiger partial charge in [-0.05, 0) is 78.5 Å². The van der Waals surface area contributed by atoms with Gasteiger partial charge in [0.2, 0.25) is 0 Å². The molecule has 2 N–H and O–H groups in total. The monoisotopic (exact) mass is 469 g/mol. The molecule has 0 fully saturated rings. The summed E-state index contributed by atoms with van der Waals surface area (Å²) in [5, 5.41) is 5.78. The maximum Gasteiger partial charge on any atom is 0.257 e. The number of anilines is 1. The van der Waals surface area contributed by atoms with Crippen LogP contribution in [0.2, 0.25) is 0 Å². The number of unbranched alkanes of at least 4 members (excludes halogenated alkanes) is 1. The summed E-state index contributed by atoms with van der Waals surface area (Å²) in [6.45, 7) is 4.66. The van der Waals surface area contributed by atoms with Crippen LogP contribution in [-0.4, -0.2) is 22.6 Å². The van der Waals surface area contributed by atoms with Crippen molar-refractivity contribution in [3.63, 3.8) is 0 Å². The van der Waals surface area contributed by atoms with Crippen molar-refractivity contribution in [1.82, 2.24) is 10.3 Å². The number of carbonyl (C=O) groups is 1. The van der Waals surface area contributed by atoms with Crippen LogP contribution in [0, 0.1) is 10.5 Å². The number of ether oxygens (including phenoxy) is 1. The normalized spacial score (nSPS) is 10.2. The first-order valence-corrected chi connectivity index (χ1v) is 9.46. The molecule has 0 atom stereocenters. The molecular formula is C18H20IN3O2S. The van der Waals surface area contributed by atoms with Crippen molar-refractivity contribution in [2.75, 3.05) is 11.9 Å². The van der Waals surface area contributed by atoms with E-state index >= 15 is 0 Å². The maximum absolute atomic E-state index is 12.3. The number of carbonyl (C=O) groups excluding carboxylic acids is 1. The zero-order valence-electron chi connectivity index (χ0n) is 14.1. The summed E-state index contributed by atoms with van der Waals surface area (Å²) in [6, 6.07) is 10.8. The summed E-state index contributed by atoms with van der Waals surface area (Å²) >= 11 is 7.40. The summed E-state index contributed by atoms with van der Waals surface area (Å²) in [5.41, 5.74) is 1.39. The highest BCUT2D eigenvalue weighted by Crippen LogP contribution is 2.14. The first-order valence-electron chi connectivity index (χ1n) is 7.98. The number of nitrogens with one attached hydrogen (secondary N) is 2. The van der Waals surface area contributed by atoms with Gasteiger partial charge in [-0.2, -0.15) is 0 Å². The van der Waals surface area contributed by atoms with Crippen molar-refractivity contribution in [3.05, 3.63) is 51.2 Å². The number of aryl methyl sites for hydroxylation is 1. The van der Waals surface area contributed by atoms with Crippen molar-refractivity contribution in [1.29, 1.82) is 0 Å². The van der Waals surface area contributed by atoms with Crippen LogP contribution in [0.4, 0.5) is 5.82 Å². The molecule has 1 aromatic carbocycles. The zero-order chi connectivity index (χ0) is 18.2. The van der Waals surface area contributed by atoms with Crippen molar-refractivity contribution in [2.24, 2.45) is 0 Å². The lowest BCUT2D eigenvalue weighted by Gasteiger charge is -2.11. The molecule has 2 rings (SSSR count). The van der Waals surface area contributed by atoms with Gasteiger partial charge in [-0.3, -0.25) is 10.1 Å². The van der Waals surface area contributed by atoms with Gasteiger partial charge in [-0.15, -0.1) is 0 Å². The van der Waals surface area contributed by atoms with Crippen molar-refractivity contribution >= 4 is 51.6 Å². The Bertz CT molecular complexity index is 768. The molecule has 0 aliphatic rings. The van der Waals surface area contributed by atoms with E-state index in [0.717, 1.165) is 22.1 Å². The highest BCUT2D eigenvalue weighted by Gasteiger charge is 2.10. The molecule has 0 bridgehead atoms. The molecule has 0 aliphatic carbocycles. The van der Waals surface area contributed by atoms with E-state index in [0.29, 0.717) is 23.7 Å². The number of thiocarbonyl (C=S) groups is 1. The molecule has 2 aromatic rings. The standard InChI is InChI=1S/C18H20IN3O2S/c1-3-4-10-24-14-7-5-6-13(11-14)17(23)22-18(25)21-16-9-8-15(19)12(2)20-16/h5-9,11H,3-4,10H2,1-2H3,(H2,20,21,22,23,25). The maximum atomic E-state index is 12.3. The highest BCUT2D eigenvalue weighted by molar-refractivity contribution is 14.1. The average molecular weight is 469 g/mol. The molecule has 0 saturated carbocycles. The van der Waals surface area contributed by atoms with Gasteiger partial charge in [-0.1, -0.05) is 19.4 Å². The predicted molar refractivity (Wildman–Crippen MR) is 112 cm³/mol. The van der Waals surface area contributed by atoms with E-state index in [4.69, 9.17) is 17.0 Å². The minimum atomic E-state index is -0.291. The van der Waals surface area contributed by atoms with E-state index in [1.807, 2.05) is 25.1 Å². The largest absolute Gasteiger partial charge is 0.494 e. The molecule has 25 heavy (non-hydrogen) atoms. The lowest BCUT2D eigenvalue weighted by Crippen LogP contribution is -2.34. The molecule has 0 radical (unpaired) electrons. The second-order valence-corrected chi connectivity index (χ2v) is 6.97. The van der Waals surface area contributed by atoms with Gasteiger partial charge in [0.15, 0.2) is 5.11 Å². The Hall–Kier alpha value is -1.74. The van der Waals surface area contributed by atoms with Gasteiger partial charge in [-0.25, -0.2) is 4.98 Å². The Balaban J connectivity index is 1.95. The number of halogens is 1. The van der Waals surface area contributed by atoms with Crippen LogP contribution in [0.15, 0.2) is 36.4 Å². The summed E-state index contributed by atoms with van der Waals surface area (Å²) in [6.07, 6.45) is 2.04. The summed E-state index contributed by atoms with van der Waals surface area (Å²) in [7, 11) is 0. The predicted octanol–water partition coefficient (Wildman–Crippen LogP) is 4.30. The molecule has 0 spiro atoms. The first-order chi connectivity index (χ1) is 12.0. The highest BCUT2D eigenvalue weighted by atomic mass is 127. The summed E-state index contributed by atoms with van der Waals surface area (Å²) in [5.74, 6) is 0.982. The number of pyridine rings is 1. The van der Waals surface area contributed by atoms with Crippen molar-refractivity contribution in [3.8, 4) is 5.75 Å². The number of benzene rings is 1. The third-order valence-electron chi connectivity index (χ3n) is 3.35. The number of aromatic nitrogens is 1. The Labute approximate surface area is 166 Å². The third-order valence-corrected chi connectivity index (χ3v) is 4.70. The molecule has 0 unspecified atom stereocenters. The fourth-order valence-electron chi connectivity index (χ4n) is 2.00. The van der Waals surface area contributed by atoms with E-state index in [-0.39, 0.29) is 11.0 Å². The molecule has 1 aromatic heterocycles. The first kappa shape index (κ1) is 19.6. The summed E-state index contributed by atoms with van der Waals surface area (Å²) < 4.78 is 6.69. The van der Waals surface area contributed by atoms with Gasteiger partial charge in [0.1, 0.15) is 11.6 Å². The molecule has 1 heterocycles. The lowest BCUT2D eigenvalue weighted by molar-refractivity contribution is 0.0977. The minimum absolute atomic E-state index is 0.204. The van der Waals surface area contributed by atoms with Crippen LogP contribution in [0.5, 0.6) is 5.75 Å². The second-order valence-electron chi connectivity index (χ2n) is 5.40. The van der Waals surface area contributed by atoms with Crippen molar-refractivity contribution in [2.45, 2.75) is 26.7 Å². The molecule has 1 amide bonds. The minimum Gasteiger partial charge on any atom is -0.494 e. The third kappa shape index (κ3) is 6.24. The molecule has 132 valence electrons. The Morgan fingerprint density at radius 1 is 1.32 bits per heavy atom.